The summed E-state index contributed by atoms with van der Waals surface area (Å²) in [4.78, 5) is 0. The first-order chi connectivity index (χ1) is 10.9. The number of hydrogen-bond acceptors (Lipinski definition) is 3. The normalized spacial score (nSPS) is 14.8. The van der Waals surface area contributed by atoms with Crippen molar-refractivity contribution < 1.29 is 18.1 Å². The maximum absolute atomic E-state index is 11.4. The van der Waals surface area contributed by atoms with Gasteiger partial charge in [0.05, 0.1) is 11.4 Å². The van der Waals surface area contributed by atoms with Crippen LogP contribution in [0.2, 0.25) is 0 Å². The lowest BCUT2D eigenvalue weighted by molar-refractivity contribution is 0.147. The van der Waals surface area contributed by atoms with Gasteiger partial charge in [0.2, 0.25) is 0 Å². The van der Waals surface area contributed by atoms with Crippen molar-refractivity contribution in [2.45, 2.75) is 115 Å². The van der Waals surface area contributed by atoms with E-state index in [1.54, 1.807) is 0 Å². The van der Waals surface area contributed by atoms with Crippen molar-refractivity contribution in [3.8, 4) is 0 Å². The van der Waals surface area contributed by atoms with Crippen LogP contribution in [0.3, 0.4) is 0 Å². The topological polar surface area (TPSA) is 74.6 Å². The summed E-state index contributed by atoms with van der Waals surface area (Å²) in [5, 5.41) is 9.31. The number of rotatable bonds is 16. The van der Waals surface area contributed by atoms with Gasteiger partial charge in [0.1, 0.15) is 0 Å². The van der Waals surface area contributed by atoms with Crippen LogP contribution in [-0.4, -0.2) is 29.4 Å². The number of aliphatic hydroxyl groups is 1. The van der Waals surface area contributed by atoms with Crippen LogP contribution < -0.4 is 0 Å². The molecule has 0 aliphatic heterocycles. The monoisotopic (exact) mass is 350 g/mol. The first-order valence-electron chi connectivity index (χ1n) is 9.56. The van der Waals surface area contributed by atoms with Crippen LogP contribution in [0, 0.1) is 0 Å². The highest BCUT2D eigenvalue weighted by atomic mass is 32.2. The van der Waals surface area contributed by atoms with E-state index in [1.807, 2.05) is 0 Å². The highest BCUT2D eigenvalue weighted by Gasteiger charge is 2.21. The van der Waals surface area contributed by atoms with E-state index in [9.17, 15) is 18.1 Å². The predicted octanol–water partition coefficient (Wildman–Crippen LogP) is 5.10. The average molecular weight is 351 g/mol. The van der Waals surface area contributed by atoms with Gasteiger partial charge in [-0.25, -0.2) is 0 Å². The molecule has 0 saturated heterocycles. The zero-order chi connectivity index (χ0) is 17.6. The van der Waals surface area contributed by atoms with E-state index in [4.69, 9.17) is 0 Å². The van der Waals surface area contributed by atoms with Gasteiger partial charge in [0, 0.05) is 0 Å². The maximum atomic E-state index is 11.4. The second-order valence-electron chi connectivity index (χ2n) is 6.77. The molecular formula is C18H38O4S. The fourth-order valence-corrected chi connectivity index (χ4v) is 3.87. The highest BCUT2D eigenvalue weighted by molar-refractivity contribution is 7.86. The lowest BCUT2D eigenvalue weighted by atomic mass is 10.0. The Bertz CT molecular complexity index is 354. The lowest BCUT2D eigenvalue weighted by Crippen LogP contribution is -2.20. The summed E-state index contributed by atoms with van der Waals surface area (Å²) in [6.45, 7) is 4.27. The molecule has 0 heterocycles. The Kier molecular flexibility index (Phi) is 14.2. The third kappa shape index (κ3) is 14.0. The maximum Gasteiger partial charge on any atom is 0.267 e. The van der Waals surface area contributed by atoms with Crippen molar-refractivity contribution in [1.82, 2.24) is 0 Å². The Morgan fingerprint density at radius 3 is 1.61 bits per heavy atom. The van der Waals surface area contributed by atoms with Crippen molar-refractivity contribution in [3.63, 3.8) is 0 Å². The molecule has 4 nitrogen and oxygen atoms in total. The summed E-state index contributed by atoms with van der Waals surface area (Å²) in [5.41, 5.74) is 0. The first kappa shape index (κ1) is 22.9. The van der Waals surface area contributed by atoms with E-state index in [-0.39, 0.29) is 6.10 Å². The molecule has 0 aliphatic rings. The van der Waals surface area contributed by atoms with Crippen LogP contribution in [0.5, 0.6) is 0 Å². The Balaban J connectivity index is 3.79. The molecule has 2 N–H and O–H groups in total. The van der Waals surface area contributed by atoms with Crippen molar-refractivity contribution in [2.75, 3.05) is 0 Å². The molecule has 0 aromatic rings. The molecule has 0 fully saturated rings. The molecule has 5 heteroatoms. The first-order valence-corrected chi connectivity index (χ1v) is 11.1. The molecule has 0 radical (unpaired) electrons. The van der Waals surface area contributed by atoms with Gasteiger partial charge in [-0.1, -0.05) is 78.1 Å². The van der Waals surface area contributed by atoms with Gasteiger partial charge in [-0.3, -0.25) is 4.55 Å². The van der Waals surface area contributed by atoms with Crippen LogP contribution >= 0.6 is 0 Å². The minimum atomic E-state index is -3.93. The predicted molar refractivity (Wildman–Crippen MR) is 97.3 cm³/mol. The molecule has 0 rings (SSSR count). The average Bonchev–Trinajstić information content (AvgIpc) is 2.48. The smallest absolute Gasteiger partial charge is 0.267 e. The summed E-state index contributed by atoms with van der Waals surface area (Å²) in [6, 6.07) is 0. The highest BCUT2D eigenvalue weighted by Crippen LogP contribution is 2.19. The van der Waals surface area contributed by atoms with E-state index in [0.29, 0.717) is 12.8 Å². The summed E-state index contributed by atoms with van der Waals surface area (Å²) in [6.07, 6.45) is 12.9. The summed E-state index contributed by atoms with van der Waals surface area (Å²) in [7, 11) is -3.93. The molecule has 0 aliphatic carbocycles. The minimum Gasteiger partial charge on any atom is -0.393 e. The van der Waals surface area contributed by atoms with Crippen LogP contribution in [0.25, 0.3) is 0 Å². The van der Waals surface area contributed by atoms with Crippen LogP contribution in [0.1, 0.15) is 104 Å². The molecule has 23 heavy (non-hydrogen) atoms. The van der Waals surface area contributed by atoms with Gasteiger partial charge < -0.3 is 5.11 Å². The second-order valence-corrected chi connectivity index (χ2v) is 8.47. The Morgan fingerprint density at radius 1 is 0.696 bits per heavy atom. The van der Waals surface area contributed by atoms with Gasteiger partial charge in [0.15, 0.2) is 0 Å². The fourth-order valence-electron chi connectivity index (χ4n) is 2.94. The van der Waals surface area contributed by atoms with E-state index in [0.717, 1.165) is 51.4 Å². The molecule has 0 aromatic carbocycles. The van der Waals surface area contributed by atoms with Gasteiger partial charge in [-0.05, 0) is 25.7 Å². The number of hydrogen-bond donors (Lipinski definition) is 2. The Labute approximate surface area is 143 Å². The fraction of sp³-hybridized carbons (Fsp3) is 1.00. The minimum absolute atomic E-state index is 0.263. The van der Waals surface area contributed by atoms with Crippen molar-refractivity contribution in [3.05, 3.63) is 0 Å². The SMILES string of the molecule is CCCCCCCC(O)CCCCC(CCCCC)S(=O)(=O)O. The summed E-state index contributed by atoms with van der Waals surface area (Å²) >= 11 is 0. The molecule has 0 aromatic heterocycles. The molecule has 0 spiro atoms. The molecule has 140 valence electrons. The van der Waals surface area contributed by atoms with Gasteiger partial charge in [-0.15, -0.1) is 0 Å². The quantitative estimate of drug-likeness (QED) is 0.300. The summed E-state index contributed by atoms with van der Waals surface area (Å²) in [5.74, 6) is 0. The molecule has 2 unspecified atom stereocenters. The van der Waals surface area contributed by atoms with Crippen LogP contribution in [0.15, 0.2) is 0 Å². The van der Waals surface area contributed by atoms with E-state index in [2.05, 4.69) is 13.8 Å². The standard InChI is InChI=1S/C18H38O4S/c1-3-5-7-8-10-13-17(19)14-11-12-16-18(23(20,21)22)15-9-6-4-2/h17-19H,3-16H2,1-2H3,(H,20,21,22). The lowest BCUT2D eigenvalue weighted by Gasteiger charge is -2.14. The van der Waals surface area contributed by atoms with Crippen molar-refractivity contribution >= 4 is 10.1 Å². The van der Waals surface area contributed by atoms with Crippen molar-refractivity contribution in [2.24, 2.45) is 0 Å². The van der Waals surface area contributed by atoms with Gasteiger partial charge >= 0.3 is 0 Å². The van der Waals surface area contributed by atoms with Gasteiger partial charge in [0.25, 0.3) is 10.1 Å². The molecule has 2 atom stereocenters. The van der Waals surface area contributed by atoms with Crippen molar-refractivity contribution in [1.29, 1.82) is 0 Å². The molecule has 0 bridgehead atoms. The van der Waals surface area contributed by atoms with Crippen LogP contribution in [-0.2, 0) is 10.1 Å². The largest absolute Gasteiger partial charge is 0.393 e. The third-order valence-electron chi connectivity index (χ3n) is 4.51. The van der Waals surface area contributed by atoms with Gasteiger partial charge in [-0.2, -0.15) is 8.42 Å². The second kappa shape index (κ2) is 14.2. The van der Waals surface area contributed by atoms with E-state index in [1.165, 1.54) is 25.7 Å². The number of aliphatic hydroxyl groups excluding tert-OH is 1. The molecular weight excluding hydrogens is 312 g/mol. The summed E-state index contributed by atoms with van der Waals surface area (Å²) < 4.78 is 32.1. The molecule has 0 amide bonds. The molecule has 0 saturated carbocycles. The Morgan fingerprint density at radius 2 is 1.09 bits per heavy atom. The Hall–Kier alpha value is -0.130. The third-order valence-corrected chi connectivity index (χ3v) is 5.82. The van der Waals surface area contributed by atoms with Crippen LogP contribution in [0.4, 0.5) is 0 Å². The number of unbranched alkanes of at least 4 members (excludes halogenated alkanes) is 7. The van der Waals surface area contributed by atoms with E-state index >= 15 is 0 Å². The zero-order valence-corrected chi connectivity index (χ0v) is 16.0. The van der Waals surface area contributed by atoms with E-state index < -0.39 is 15.4 Å². The zero-order valence-electron chi connectivity index (χ0n) is 15.2.